The Morgan fingerprint density at radius 3 is 2.63 bits per heavy atom. The van der Waals surface area contributed by atoms with Crippen LogP contribution in [0.3, 0.4) is 0 Å². The van der Waals surface area contributed by atoms with Gasteiger partial charge in [0.1, 0.15) is 0 Å². The quantitative estimate of drug-likeness (QED) is 0.689. The Balaban J connectivity index is 1.87. The summed E-state index contributed by atoms with van der Waals surface area (Å²) in [6.07, 6.45) is 2.26. The van der Waals surface area contributed by atoms with E-state index in [0.717, 1.165) is 53.1 Å². The van der Waals surface area contributed by atoms with Gasteiger partial charge in [-0.15, -0.1) is 0 Å². The van der Waals surface area contributed by atoms with E-state index in [2.05, 4.69) is 43.2 Å². The number of fused-ring (bicyclic) bond motifs is 1. The van der Waals surface area contributed by atoms with E-state index in [4.69, 9.17) is 4.98 Å². The maximum Gasteiger partial charge on any atom is 0.254 e. The second kappa shape index (κ2) is 6.80. The van der Waals surface area contributed by atoms with Gasteiger partial charge >= 0.3 is 0 Å². The van der Waals surface area contributed by atoms with Gasteiger partial charge in [0, 0.05) is 25.7 Å². The monoisotopic (exact) mass is 362 g/mol. The average molecular weight is 362 g/mol. The molecule has 1 atom stereocenters. The van der Waals surface area contributed by atoms with Crippen LogP contribution in [-0.2, 0) is 7.05 Å². The largest absolute Gasteiger partial charge is 0.338 e. The number of pyridine rings is 1. The van der Waals surface area contributed by atoms with E-state index in [1.54, 1.807) is 4.68 Å². The molecule has 1 aromatic carbocycles. The summed E-state index contributed by atoms with van der Waals surface area (Å²) in [7, 11) is 1.89. The van der Waals surface area contributed by atoms with Crippen molar-refractivity contribution in [1.29, 1.82) is 0 Å². The Hall–Kier alpha value is -2.69. The number of hydrogen-bond acceptors (Lipinski definition) is 3. The lowest BCUT2D eigenvalue weighted by Crippen LogP contribution is -2.39. The summed E-state index contributed by atoms with van der Waals surface area (Å²) in [5.74, 6) is 0.644. The van der Waals surface area contributed by atoms with Gasteiger partial charge < -0.3 is 4.90 Å². The van der Waals surface area contributed by atoms with E-state index in [1.807, 2.05) is 24.9 Å². The van der Waals surface area contributed by atoms with Crippen molar-refractivity contribution in [2.75, 3.05) is 13.1 Å². The van der Waals surface area contributed by atoms with E-state index in [0.29, 0.717) is 5.92 Å². The molecule has 0 saturated carbocycles. The standard InChI is InChI=1S/C22H26N4O/c1-14-7-9-17(10-8-14)19-12-18(20-16(3)24-25(4)21(20)23-19)22(27)26-11-5-6-15(2)13-26/h7-10,12,15H,5-6,11,13H2,1-4H3/t15-/m1/s1. The van der Waals surface area contributed by atoms with E-state index in [1.165, 1.54) is 12.0 Å². The molecule has 5 heteroatoms. The van der Waals surface area contributed by atoms with Crippen LogP contribution in [0.5, 0.6) is 0 Å². The molecule has 1 aliphatic rings. The molecule has 0 spiro atoms. The van der Waals surface area contributed by atoms with Crippen molar-refractivity contribution in [3.8, 4) is 11.3 Å². The van der Waals surface area contributed by atoms with Crippen LogP contribution in [0.25, 0.3) is 22.3 Å². The topological polar surface area (TPSA) is 51.0 Å². The first kappa shape index (κ1) is 17.7. The number of rotatable bonds is 2. The zero-order valence-electron chi connectivity index (χ0n) is 16.5. The Morgan fingerprint density at radius 2 is 1.93 bits per heavy atom. The third-order valence-corrected chi connectivity index (χ3v) is 5.49. The number of benzene rings is 1. The smallest absolute Gasteiger partial charge is 0.254 e. The number of aromatic nitrogens is 3. The van der Waals surface area contributed by atoms with Gasteiger partial charge in [-0.3, -0.25) is 9.48 Å². The third-order valence-electron chi connectivity index (χ3n) is 5.49. The summed E-state index contributed by atoms with van der Waals surface area (Å²) in [5.41, 5.74) is 5.37. The molecule has 0 N–H and O–H groups in total. The molecule has 27 heavy (non-hydrogen) atoms. The maximum atomic E-state index is 13.4. The highest BCUT2D eigenvalue weighted by atomic mass is 16.2. The van der Waals surface area contributed by atoms with Crippen molar-refractivity contribution < 1.29 is 4.79 Å². The van der Waals surface area contributed by atoms with Crippen molar-refractivity contribution >= 4 is 16.9 Å². The summed E-state index contributed by atoms with van der Waals surface area (Å²) in [5, 5.41) is 5.40. The van der Waals surface area contributed by atoms with E-state index >= 15 is 0 Å². The number of nitrogens with zero attached hydrogens (tertiary/aromatic N) is 4. The molecule has 1 saturated heterocycles. The SMILES string of the molecule is Cc1ccc(-c2cc(C(=O)N3CCC[C@@H](C)C3)c3c(C)nn(C)c3n2)cc1. The molecular formula is C22H26N4O. The van der Waals surface area contributed by atoms with Gasteiger partial charge in [-0.25, -0.2) is 4.98 Å². The van der Waals surface area contributed by atoms with E-state index in [-0.39, 0.29) is 5.91 Å². The summed E-state index contributed by atoms with van der Waals surface area (Å²) in [4.78, 5) is 20.2. The first-order valence-corrected chi connectivity index (χ1v) is 9.64. The predicted molar refractivity (Wildman–Crippen MR) is 108 cm³/mol. The molecule has 0 radical (unpaired) electrons. The van der Waals surface area contributed by atoms with Crippen LogP contribution in [0, 0.1) is 19.8 Å². The summed E-state index contributed by atoms with van der Waals surface area (Å²) in [6, 6.07) is 10.2. The van der Waals surface area contributed by atoms with Crippen LogP contribution >= 0.6 is 0 Å². The Bertz CT molecular complexity index is 1000. The van der Waals surface area contributed by atoms with Gasteiger partial charge in [0.2, 0.25) is 0 Å². The van der Waals surface area contributed by atoms with Crippen molar-refractivity contribution in [2.45, 2.75) is 33.6 Å². The fourth-order valence-corrected chi connectivity index (χ4v) is 4.03. The summed E-state index contributed by atoms with van der Waals surface area (Å²) >= 11 is 0. The van der Waals surface area contributed by atoms with Crippen LogP contribution in [-0.4, -0.2) is 38.7 Å². The number of carbonyl (C=O) groups excluding carboxylic acids is 1. The van der Waals surface area contributed by atoms with Gasteiger partial charge in [0.25, 0.3) is 5.91 Å². The zero-order valence-corrected chi connectivity index (χ0v) is 16.5. The first-order chi connectivity index (χ1) is 12.9. The molecule has 5 nitrogen and oxygen atoms in total. The number of hydrogen-bond donors (Lipinski definition) is 0. The molecule has 3 heterocycles. The molecule has 1 fully saturated rings. The molecule has 2 aromatic heterocycles. The molecular weight excluding hydrogens is 336 g/mol. The highest BCUT2D eigenvalue weighted by Gasteiger charge is 2.26. The lowest BCUT2D eigenvalue weighted by atomic mass is 9.98. The Labute approximate surface area is 160 Å². The molecule has 0 bridgehead atoms. The Morgan fingerprint density at radius 1 is 1.19 bits per heavy atom. The normalized spacial score (nSPS) is 17.5. The van der Waals surface area contributed by atoms with Crippen LogP contribution in [0.15, 0.2) is 30.3 Å². The Kier molecular flexibility index (Phi) is 4.46. The average Bonchev–Trinajstić information content (AvgIpc) is 2.95. The second-order valence-corrected chi connectivity index (χ2v) is 7.83. The molecule has 3 aromatic rings. The lowest BCUT2D eigenvalue weighted by Gasteiger charge is -2.31. The molecule has 0 unspecified atom stereocenters. The minimum Gasteiger partial charge on any atom is -0.338 e. The van der Waals surface area contributed by atoms with Gasteiger partial charge in [-0.05, 0) is 38.7 Å². The highest BCUT2D eigenvalue weighted by molar-refractivity contribution is 6.07. The van der Waals surface area contributed by atoms with Crippen LogP contribution < -0.4 is 0 Å². The highest BCUT2D eigenvalue weighted by Crippen LogP contribution is 2.29. The summed E-state index contributed by atoms with van der Waals surface area (Å²) < 4.78 is 1.78. The summed E-state index contributed by atoms with van der Waals surface area (Å²) in [6.45, 7) is 7.88. The molecule has 1 amide bonds. The molecule has 140 valence electrons. The number of aryl methyl sites for hydroxylation is 3. The van der Waals surface area contributed by atoms with Gasteiger partial charge in [0.05, 0.1) is 22.3 Å². The maximum absolute atomic E-state index is 13.4. The predicted octanol–water partition coefficient (Wildman–Crippen LogP) is 4.12. The van der Waals surface area contributed by atoms with Crippen molar-refractivity contribution in [3.63, 3.8) is 0 Å². The first-order valence-electron chi connectivity index (χ1n) is 9.64. The van der Waals surface area contributed by atoms with Crippen LogP contribution in [0.1, 0.15) is 41.4 Å². The minimum absolute atomic E-state index is 0.0958. The van der Waals surface area contributed by atoms with Gasteiger partial charge in [-0.1, -0.05) is 36.8 Å². The fraction of sp³-hybridized carbons (Fsp3) is 0.409. The van der Waals surface area contributed by atoms with Crippen LogP contribution in [0.2, 0.25) is 0 Å². The van der Waals surface area contributed by atoms with E-state index in [9.17, 15) is 4.79 Å². The van der Waals surface area contributed by atoms with Gasteiger partial charge in [0.15, 0.2) is 5.65 Å². The molecule has 0 aliphatic carbocycles. The zero-order chi connectivity index (χ0) is 19.1. The lowest BCUT2D eigenvalue weighted by molar-refractivity contribution is 0.0685. The minimum atomic E-state index is 0.0958. The van der Waals surface area contributed by atoms with Crippen molar-refractivity contribution in [3.05, 3.63) is 47.2 Å². The van der Waals surface area contributed by atoms with E-state index < -0.39 is 0 Å². The number of amides is 1. The number of carbonyl (C=O) groups is 1. The third kappa shape index (κ3) is 3.22. The fourth-order valence-electron chi connectivity index (χ4n) is 4.03. The van der Waals surface area contributed by atoms with Crippen molar-refractivity contribution in [2.24, 2.45) is 13.0 Å². The number of piperidine rings is 1. The number of likely N-dealkylation sites (tertiary alicyclic amines) is 1. The second-order valence-electron chi connectivity index (χ2n) is 7.83. The van der Waals surface area contributed by atoms with Crippen molar-refractivity contribution in [1.82, 2.24) is 19.7 Å². The molecule has 1 aliphatic heterocycles. The van der Waals surface area contributed by atoms with Crippen LogP contribution in [0.4, 0.5) is 0 Å². The molecule has 4 rings (SSSR count). The van der Waals surface area contributed by atoms with Gasteiger partial charge in [-0.2, -0.15) is 5.10 Å².